The first-order valence-electron chi connectivity index (χ1n) is 4.81. The quantitative estimate of drug-likeness (QED) is 0.746. The van der Waals surface area contributed by atoms with E-state index in [2.05, 4.69) is 5.32 Å². The summed E-state index contributed by atoms with van der Waals surface area (Å²) < 4.78 is 5.46. The first-order valence-corrected chi connectivity index (χ1v) is 4.81. The lowest BCUT2D eigenvalue weighted by Gasteiger charge is -2.24. The third kappa shape index (κ3) is 1.70. The van der Waals surface area contributed by atoms with Gasteiger partial charge >= 0.3 is 0 Å². The van der Waals surface area contributed by atoms with Crippen LogP contribution in [0.5, 0.6) is 5.75 Å². The summed E-state index contributed by atoms with van der Waals surface area (Å²) in [4.78, 5) is 22.0. The highest BCUT2D eigenvalue weighted by molar-refractivity contribution is 5.98. The predicted octanol–water partition coefficient (Wildman–Crippen LogP) is 1.61. The van der Waals surface area contributed by atoms with E-state index in [1.807, 2.05) is 6.92 Å². The molecule has 4 heteroatoms. The fourth-order valence-electron chi connectivity index (χ4n) is 1.51. The second-order valence-electron chi connectivity index (χ2n) is 3.38. The number of ether oxygens (including phenoxy) is 1. The van der Waals surface area contributed by atoms with Gasteiger partial charge in [-0.15, -0.1) is 0 Å². The molecule has 4 nitrogen and oxygen atoms in total. The van der Waals surface area contributed by atoms with Gasteiger partial charge in [0, 0.05) is 5.56 Å². The Morgan fingerprint density at radius 3 is 3.00 bits per heavy atom. The topological polar surface area (TPSA) is 55.4 Å². The highest BCUT2D eigenvalue weighted by Crippen LogP contribution is 2.30. The molecule has 1 aliphatic rings. The van der Waals surface area contributed by atoms with Crippen molar-refractivity contribution in [2.45, 2.75) is 19.4 Å². The lowest BCUT2D eigenvalue weighted by atomic mass is 10.1. The van der Waals surface area contributed by atoms with Crippen molar-refractivity contribution in [2.24, 2.45) is 0 Å². The molecule has 0 unspecified atom stereocenters. The van der Waals surface area contributed by atoms with E-state index >= 15 is 0 Å². The fourth-order valence-corrected chi connectivity index (χ4v) is 1.51. The lowest BCUT2D eigenvalue weighted by Crippen LogP contribution is -2.36. The molecule has 0 spiro atoms. The van der Waals surface area contributed by atoms with Gasteiger partial charge in [-0.2, -0.15) is 0 Å². The third-order valence-electron chi connectivity index (χ3n) is 2.33. The number of anilines is 1. The zero-order valence-corrected chi connectivity index (χ0v) is 8.32. The summed E-state index contributed by atoms with van der Waals surface area (Å²) in [5.41, 5.74) is 1.09. The summed E-state index contributed by atoms with van der Waals surface area (Å²) in [5.74, 6) is 0.458. The van der Waals surface area contributed by atoms with Crippen LogP contribution in [-0.4, -0.2) is 18.3 Å². The molecule has 0 radical (unpaired) electrons. The van der Waals surface area contributed by atoms with Gasteiger partial charge in [-0.3, -0.25) is 9.59 Å². The Morgan fingerprint density at radius 2 is 2.33 bits per heavy atom. The summed E-state index contributed by atoms with van der Waals surface area (Å²) in [6.07, 6.45) is 0.929. The van der Waals surface area contributed by atoms with E-state index in [0.717, 1.165) is 6.29 Å². The number of carbonyl (C=O) groups is 2. The average molecular weight is 205 g/mol. The fraction of sp³-hybridized carbons (Fsp3) is 0.273. The second-order valence-corrected chi connectivity index (χ2v) is 3.38. The first-order chi connectivity index (χ1) is 7.24. The molecule has 0 saturated heterocycles. The lowest BCUT2D eigenvalue weighted by molar-refractivity contribution is -0.123. The highest BCUT2D eigenvalue weighted by atomic mass is 16.5. The van der Waals surface area contributed by atoms with Crippen LogP contribution in [0.4, 0.5) is 5.69 Å². The SMILES string of the molecule is CC[C@@H]1Oc2ccc(C=O)cc2NC1=O. The molecule has 1 N–H and O–H groups in total. The number of fused-ring (bicyclic) bond motifs is 1. The van der Waals surface area contributed by atoms with Gasteiger partial charge < -0.3 is 10.1 Å². The summed E-state index contributed by atoms with van der Waals surface area (Å²) in [6.45, 7) is 1.88. The Hall–Kier alpha value is -1.84. The van der Waals surface area contributed by atoms with Crippen molar-refractivity contribution in [3.63, 3.8) is 0 Å². The van der Waals surface area contributed by atoms with Crippen molar-refractivity contribution in [3.05, 3.63) is 23.8 Å². The van der Waals surface area contributed by atoms with Gasteiger partial charge in [0.25, 0.3) is 5.91 Å². The van der Waals surface area contributed by atoms with Crippen LogP contribution in [0, 0.1) is 0 Å². The number of aldehydes is 1. The van der Waals surface area contributed by atoms with E-state index in [1.165, 1.54) is 0 Å². The molecule has 15 heavy (non-hydrogen) atoms. The van der Waals surface area contributed by atoms with Gasteiger partial charge in [0.15, 0.2) is 6.10 Å². The number of amides is 1. The van der Waals surface area contributed by atoms with Crippen molar-refractivity contribution in [1.82, 2.24) is 0 Å². The van der Waals surface area contributed by atoms with Crippen LogP contribution in [0.3, 0.4) is 0 Å². The maximum absolute atomic E-state index is 11.5. The maximum Gasteiger partial charge on any atom is 0.265 e. The van der Waals surface area contributed by atoms with Crippen LogP contribution in [0.25, 0.3) is 0 Å². The molecule has 0 saturated carbocycles. The molecule has 0 aromatic heterocycles. The highest BCUT2D eigenvalue weighted by Gasteiger charge is 2.25. The predicted molar refractivity (Wildman–Crippen MR) is 55.2 cm³/mol. The maximum atomic E-state index is 11.5. The summed E-state index contributed by atoms with van der Waals surface area (Å²) >= 11 is 0. The number of hydrogen-bond donors (Lipinski definition) is 1. The van der Waals surface area contributed by atoms with E-state index in [9.17, 15) is 9.59 Å². The number of benzene rings is 1. The van der Waals surface area contributed by atoms with Crippen molar-refractivity contribution in [2.75, 3.05) is 5.32 Å². The molecule has 1 aromatic rings. The van der Waals surface area contributed by atoms with Crippen molar-refractivity contribution in [1.29, 1.82) is 0 Å². The molecule has 78 valence electrons. The Bertz CT molecular complexity index is 414. The number of carbonyl (C=O) groups excluding carboxylic acids is 2. The van der Waals surface area contributed by atoms with Crippen LogP contribution in [0.15, 0.2) is 18.2 Å². The Morgan fingerprint density at radius 1 is 1.53 bits per heavy atom. The molecule has 1 heterocycles. The molecule has 1 atom stereocenters. The zero-order valence-electron chi connectivity index (χ0n) is 8.32. The van der Waals surface area contributed by atoms with Crippen LogP contribution >= 0.6 is 0 Å². The Labute approximate surface area is 87.2 Å². The second kappa shape index (κ2) is 3.73. The molecule has 0 bridgehead atoms. The molecule has 1 aliphatic heterocycles. The van der Waals surface area contributed by atoms with E-state index in [4.69, 9.17) is 4.74 Å². The number of rotatable bonds is 2. The first kappa shape index (κ1) is 9.71. The third-order valence-corrected chi connectivity index (χ3v) is 2.33. The van der Waals surface area contributed by atoms with Gasteiger partial charge in [-0.25, -0.2) is 0 Å². The molecular formula is C11H11NO3. The standard InChI is InChI=1S/C11H11NO3/c1-2-9-11(14)12-8-5-7(6-13)3-4-10(8)15-9/h3-6,9H,2H2,1H3,(H,12,14)/t9-/m0/s1. The van der Waals surface area contributed by atoms with Crippen molar-refractivity contribution >= 4 is 17.9 Å². The number of hydrogen-bond acceptors (Lipinski definition) is 3. The van der Waals surface area contributed by atoms with Crippen LogP contribution < -0.4 is 10.1 Å². The zero-order chi connectivity index (χ0) is 10.8. The van der Waals surface area contributed by atoms with E-state index in [-0.39, 0.29) is 5.91 Å². The van der Waals surface area contributed by atoms with Gasteiger partial charge in [0.05, 0.1) is 5.69 Å². The minimum absolute atomic E-state index is 0.159. The molecule has 1 aromatic carbocycles. The molecule has 1 amide bonds. The summed E-state index contributed by atoms with van der Waals surface area (Å²) in [5, 5.41) is 2.71. The molecular weight excluding hydrogens is 194 g/mol. The van der Waals surface area contributed by atoms with E-state index in [1.54, 1.807) is 18.2 Å². The van der Waals surface area contributed by atoms with Gasteiger partial charge in [-0.05, 0) is 24.6 Å². The van der Waals surface area contributed by atoms with Gasteiger partial charge in [-0.1, -0.05) is 6.92 Å². The van der Waals surface area contributed by atoms with E-state index < -0.39 is 6.10 Å². The Balaban J connectivity index is 2.36. The summed E-state index contributed by atoms with van der Waals surface area (Å²) in [6, 6.07) is 4.96. The van der Waals surface area contributed by atoms with Crippen LogP contribution in [0.2, 0.25) is 0 Å². The van der Waals surface area contributed by atoms with Gasteiger partial charge in [0.1, 0.15) is 12.0 Å². The Kier molecular flexibility index (Phi) is 2.41. The minimum atomic E-state index is -0.431. The van der Waals surface area contributed by atoms with Crippen molar-refractivity contribution in [3.8, 4) is 5.75 Å². The smallest absolute Gasteiger partial charge is 0.265 e. The largest absolute Gasteiger partial charge is 0.478 e. The minimum Gasteiger partial charge on any atom is -0.478 e. The van der Waals surface area contributed by atoms with Crippen LogP contribution in [-0.2, 0) is 4.79 Å². The normalized spacial score (nSPS) is 18.7. The molecule has 2 rings (SSSR count). The average Bonchev–Trinajstić information content (AvgIpc) is 2.27. The van der Waals surface area contributed by atoms with E-state index in [0.29, 0.717) is 23.4 Å². The monoisotopic (exact) mass is 205 g/mol. The van der Waals surface area contributed by atoms with Crippen LogP contribution in [0.1, 0.15) is 23.7 Å². The van der Waals surface area contributed by atoms with Gasteiger partial charge in [0.2, 0.25) is 0 Å². The molecule has 0 fully saturated rings. The summed E-state index contributed by atoms with van der Waals surface area (Å²) in [7, 11) is 0. The number of nitrogens with one attached hydrogen (secondary N) is 1. The van der Waals surface area contributed by atoms with Crippen molar-refractivity contribution < 1.29 is 14.3 Å². The molecule has 0 aliphatic carbocycles.